The van der Waals surface area contributed by atoms with Crippen LogP contribution in [0.2, 0.25) is 5.02 Å². The number of pyridine rings is 1. The minimum Gasteiger partial charge on any atom is -0.489 e. The summed E-state index contributed by atoms with van der Waals surface area (Å²) in [4.78, 5) is 15.8. The summed E-state index contributed by atoms with van der Waals surface area (Å²) < 4.78 is 20.6. The third kappa shape index (κ3) is 3.11. The Labute approximate surface area is 177 Å². The summed E-state index contributed by atoms with van der Waals surface area (Å²) in [6.45, 7) is 1.91. The molecule has 2 atom stereocenters. The third-order valence-electron chi connectivity index (χ3n) is 5.94. The number of ether oxygens (including phenoxy) is 1. The van der Waals surface area contributed by atoms with E-state index < -0.39 is 5.82 Å². The van der Waals surface area contributed by atoms with E-state index in [1.165, 1.54) is 6.33 Å². The molecule has 6 rings (SSSR count). The SMILES string of the molecule is Fc1c(Nc2ncnc3ccc(N4C[C@@H]5C[C@H]4CN5)nc23)ccc(OC2CC2)c1Cl. The number of piperazine rings is 1. The summed E-state index contributed by atoms with van der Waals surface area (Å²) in [7, 11) is 0. The van der Waals surface area contributed by atoms with Gasteiger partial charge in [-0.3, -0.25) is 0 Å². The summed E-state index contributed by atoms with van der Waals surface area (Å²) in [6.07, 6.45) is 4.68. The lowest BCUT2D eigenvalue weighted by Crippen LogP contribution is -2.44. The minimum absolute atomic E-state index is 0.0282. The van der Waals surface area contributed by atoms with Crippen LogP contribution in [0, 0.1) is 5.82 Å². The molecule has 0 amide bonds. The van der Waals surface area contributed by atoms with Gasteiger partial charge in [-0.05, 0) is 43.5 Å². The van der Waals surface area contributed by atoms with E-state index in [9.17, 15) is 4.39 Å². The second kappa shape index (κ2) is 6.92. The van der Waals surface area contributed by atoms with E-state index in [1.54, 1.807) is 12.1 Å². The summed E-state index contributed by atoms with van der Waals surface area (Å²) >= 11 is 6.20. The summed E-state index contributed by atoms with van der Waals surface area (Å²) in [5, 5.41) is 6.51. The lowest BCUT2D eigenvalue weighted by atomic mass is 10.2. The number of nitrogens with zero attached hydrogens (tertiary/aromatic N) is 4. The first-order valence-corrected chi connectivity index (χ1v) is 10.6. The number of hydrogen-bond acceptors (Lipinski definition) is 7. The van der Waals surface area contributed by atoms with E-state index in [0.717, 1.165) is 38.2 Å². The number of rotatable bonds is 5. The quantitative estimate of drug-likeness (QED) is 0.645. The van der Waals surface area contributed by atoms with Gasteiger partial charge < -0.3 is 20.3 Å². The Morgan fingerprint density at radius 2 is 2.10 bits per heavy atom. The van der Waals surface area contributed by atoms with Crippen molar-refractivity contribution in [2.75, 3.05) is 23.3 Å². The predicted octanol–water partition coefficient (Wildman–Crippen LogP) is 3.65. The number of nitrogens with one attached hydrogen (secondary N) is 2. The van der Waals surface area contributed by atoms with Crippen LogP contribution in [0.1, 0.15) is 19.3 Å². The van der Waals surface area contributed by atoms with Gasteiger partial charge in [-0.1, -0.05) is 11.6 Å². The van der Waals surface area contributed by atoms with Crippen LogP contribution >= 0.6 is 11.6 Å². The van der Waals surface area contributed by atoms with E-state index in [0.29, 0.717) is 34.7 Å². The highest BCUT2D eigenvalue weighted by Gasteiger charge is 2.38. The van der Waals surface area contributed by atoms with Crippen molar-refractivity contribution in [3.63, 3.8) is 0 Å². The fourth-order valence-corrected chi connectivity index (χ4v) is 4.44. The average molecular weight is 427 g/mol. The summed E-state index contributed by atoms with van der Waals surface area (Å²) in [5.41, 5.74) is 1.51. The van der Waals surface area contributed by atoms with E-state index in [-0.39, 0.29) is 16.8 Å². The molecule has 4 heterocycles. The predicted molar refractivity (Wildman–Crippen MR) is 113 cm³/mol. The molecule has 30 heavy (non-hydrogen) atoms. The van der Waals surface area contributed by atoms with E-state index in [1.807, 2.05) is 12.1 Å². The molecule has 7 nitrogen and oxygen atoms in total. The maximum atomic E-state index is 14.9. The largest absolute Gasteiger partial charge is 0.489 e. The van der Waals surface area contributed by atoms with Crippen molar-refractivity contribution in [2.24, 2.45) is 0 Å². The first kappa shape index (κ1) is 18.1. The van der Waals surface area contributed by atoms with Crippen LogP contribution < -0.4 is 20.3 Å². The van der Waals surface area contributed by atoms with E-state index >= 15 is 0 Å². The molecule has 3 fully saturated rings. The zero-order valence-electron chi connectivity index (χ0n) is 16.1. The number of anilines is 3. The van der Waals surface area contributed by atoms with Gasteiger partial charge in [0.05, 0.1) is 17.3 Å². The Hall–Kier alpha value is -2.71. The van der Waals surface area contributed by atoms with Gasteiger partial charge in [-0.2, -0.15) is 0 Å². The summed E-state index contributed by atoms with van der Waals surface area (Å²) in [6, 6.07) is 8.19. The van der Waals surface area contributed by atoms with Crippen molar-refractivity contribution >= 4 is 40.0 Å². The van der Waals surface area contributed by atoms with Crippen molar-refractivity contribution in [2.45, 2.75) is 37.5 Å². The molecule has 3 aliphatic rings. The molecule has 0 radical (unpaired) electrons. The second-order valence-electron chi connectivity index (χ2n) is 8.09. The first-order chi connectivity index (χ1) is 14.7. The minimum atomic E-state index is -0.569. The van der Waals surface area contributed by atoms with Gasteiger partial charge >= 0.3 is 0 Å². The molecule has 9 heteroatoms. The average Bonchev–Trinajstić information content (AvgIpc) is 3.32. The highest BCUT2D eigenvalue weighted by Crippen LogP contribution is 2.37. The Bertz CT molecular complexity index is 1140. The Balaban J connectivity index is 1.33. The van der Waals surface area contributed by atoms with Gasteiger partial charge in [-0.25, -0.2) is 19.3 Å². The van der Waals surface area contributed by atoms with Crippen molar-refractivity contribution in [1.29, 1.82) is 0 Å². The Morgan fingerprint density at radius 3 is 2.87 bits per heavy atom. The van der Waals surface area contributed by atoms with Crippen molar-refractivity contribution in [3.8, 4) is 5.75 Å². The molecule has 154 valence electrons. The molecule has 2 aliphatic heterocycles. The molecule has 1 aliphatic carbocycles. The molecule has 2 N–H and O–H groups in total. The van der Waals surface area contributed by atoms with Gasteiger partial charge in [0.1, 0.15) is 28.4 Å². The van der Waals surface area contributed by atoms with Gasteiger partial charge in [-0.15, -0.1) is 0 Å². The lowest BCUT2D eigenvalue weighted by molar-refractivity contribution is 0.302. The smallest absolute Gasteiger partial charge is 0.169 e. The van der Waals surface area contributed by atoms with Crippen LogP contribution in [0.5, 0.6) is 5.75 Å². The summed E-state index contributed by atoms with van der Waals surface area (Å²) in [5.74, 6) is 1.13. The van der Waals surface area contributed by atoms with E-state index in [2.05, 4.69) is 25.5 Å². The van der Waals surface area contributed by atoms with Crippen LogP contribution in [0.3, 0.4) is 0 Å². The van der Waals surface area contributed by atoms with Gasteiger partial charge in [0, 0.05) is 25.2 Å². The maximum Gasteiger partial charge on any atom is 0.169 e. The number of hydrogen-bond donors (Lipinski definition) is 2. The highest BCUT2D eigenvalue weighted by atomic mass is 35.5. The molecule has 3 aromatic rings. The Kier molecular flexibility index (Phi) is 4.17. The Morgan fingerprint density at radius 1 is 1.20 bits per heavy atom. The standard InChI is InChI=1S/C21H20ClFN6O/c22-18-16(30-13-1-2-13)5-3-14(19(18)23)27-21-20-15(25-10-26-21)4-6-17(28-20)29-9-11-7-12(29)8-24-11/h3-6,10-13,24H,1-2,7-9H2,(H,25,26,27)/t11-,12-/m0/s1. The molecule has 1 aromatic carbocycles. The fourth-order valence-electron chi connectivity index (χ4n) is 4.24. The zero-order chi connectivity index (χ0) is 20.2. The van der Waals surface area contributed by atoms with Gasteiger partial charge in [0.15, 0.2) is 11.6 Å². The van der Waals surface area contributed by atoms with Crippen LogP contribution in [-0.2, 0) is 0 Å². The van der Waals surface area contributed by atoms with Crippen LogP contribution in [-0.4, -0.2) is 46.2 Å². The van der Waals surface area contributed by atoms with Gasteiger partial charge in [0.25, 0.3) is 0 Å². The van der Waals surface area contributed by atoms with Crippen LogP contribution in [0.4, 0.5) is 21.7 Å². The van der Waals surface area contributed by atoms with Crippen molar-refractivity contribution in [1.82, 2.24) is 20.3 Å². The van der Waals surface area contributed by atoms with Crippen LogP contribution in [0.15, 0.2) is 30.6 Å². The fraction of sp³-hybridized carbons (Fsp3) is 0.381. The highest BCUT2D eigenvalue weighted by molar-refractivity contribution is 6.32. The lowest BCUT2D eigenvalue weighted by Gasteiger charge is -2.28. The number of halogens is 2. The zero-order valence-corrected chi connectivity index (χ0v) is 16.9. The number of benzene rings is 1. The van der Waals surface area contributed by atoms with Crippen molar-refractivity contribution in [3.05, 3.63) is 41.4 Å². The number of aromatic nitrogens is 3. The molecule has 0 unspecified atom stereocenters. The maximum absolute atomic E-state index is 14.9. The van der Waals surface area contributed by atoms with E-state index in [4.69, 9.17) is 21.3 Å². The number of fused-ring (bicyclic) bond motifs is 3. The van der Waals surface area contributed by atoms with Gasteiger partial charge in [0.2, 0.25) is 0 Å². The first-order valence-electron chi connectivity index (χ1n) is 10.2. The molecule has 2 saturated heterocycles. The molecular formula is C21H20ClFN6O. The molecule has 2 aromatic heterocycles. The molecule has 0 spiro atoms. The third-order valence-corrected chi connectivity index (χ3v) is 6.29. The monoisotopic (exact) mass is 426 g/mol. The molecular weight excluding hydrogens is 407 g/mol. The van der Waals surface area contributed by atoms with Crippen LogP contribution in [0.25, 0.3) is 11.0 Å². The molecule has 2 bridgehead atoms. The second-order valence-corrected chi connectivity index (χ2v) is 8.47. The van der Waals surface area contributed by atoms with Crippen molar-refractivity contribution < 1.29 is 9.13 Å². The normalized spacial score (nSPS) is 22.7. The molecule has 1 saturated carbocycles. The topological polar surface area (TPSA) is 75.2 Å².